The zero-order valence-corrected chi connectivity index (χ0v) is 9.72. The molecule has 0 spiro atoms. The number of hydrogen-bond acceptors (Lipinski definition) is 5. The molecule has 0 aromatic rings. The average molecular weight is 318 g/mol. The Morgan fingerprint density at radius 1 is 1.40 bits per heavy atom. The highest BCUT2D eigenvalue weighted by molar-refractivity contribution is 5.55. The number of ether oxygens (including phenoxy) is 3. The first kappa shape index (κ1) is 19.0. The fourth-order valence-electron chi connectivity index (χ4n) is 1.01. The first-order chi connectivity index (χ1) is 8.88. The van der Waals surface area contributed by atoms with E-state index in [2.05, 4.69) is 14.2 Å². The van der Waals surface area contributed by atoms with Gasteiger partial charge < -0.3 is 14.6 Å². The number of alkyl halides is 5. The van der Waals surface area contributed by atoms with Crippen LogP contribution in [-0.2, 0) is 14.2 Å². The Morgan fingerprint density at radius 2 is 1.85 bits per heavy atom. The van der Waals surface area contributed by atoms with Crippen molar-refractivity contribution in [2.24, 2.45) is 0 Å². The molecule has 20 heavy (non-hydrogen) atoms. The predicted molar refractivity (Wildman–Crippen MR) is 46.0 cm³/mol. The smallest absolute Gasteiger partial charge is 0.394 e. The third kappa shape index (κ3) is 4.85. The summed E-state index contributed by atoms with van der Waals surface area (Å²) in [5.74, 6) is -3.42. The molecule has 0 aromatic carbocycles. The fraction of sp³-hybridized carbons (Fsp3) is 0.875. The highest BCUT2D eigenvalue weighted by atomic mass is 19.4. The van der Waals surface area contributed by atoms with E-state index in [1.807, 2.05) is 0 Å². The summed E-state index contributed by atoms with van der Waals surface area (Å²) < 4.78 is 94.1. The topological polar surface area (TPSA) is 65.0 Å². The monoisotopic (exact) mass is 318 g/mol. The van der Waals surface area contributed by atoms with E-state index in [1.54, 1.807) is 0 Å². The summed E-state index contributed by atoms with van der Waals surface area (Å²) in [7, 11) is 0. The molecule has 5 nitrogen and oxygen atoms in total. The highest BCUT2D eigenvalue weighted by Gasteiger charge is 2.69. The van der Waals surface area contributed by atoms with Crippen LogP contribution in [0.25, 0.3) is 0 Å². The van der Waals surface area contributed by atoms with E-state index >= 15 is 0 Å². The molecule has 0 aromatic heterocycles. The minimum Gasteiger partial charge on any atom is -0.394 e. The molecular weight excluding hydrogens is 309 g/mol. The molecule has 3 atom stereocenters. The number of aliphatic hydroxyl groups excluding tert-OH is 1. The van der Waals surface area contributed by atoms with Crippen LogP contribution in [0.4, 0.5) is 35.5 Å². The van der Waals surface area contributed by atoms with Gasteiger partial charge in [0.15, 0.2) is 0 Å². The molecule has 1 rings (SSSR count). The van der Waals surface area contributed by atoms with Crippen LogP contribution >= 0.6 is 0 Å². The van der Waals surface area contributed by atoms with Crippen LogP contribution in [0.1, 0.15) is 6.92 Å². The van der Waals surface area contributed by atoms with E-state index in [0.717, 1.165) is 0 Å². The SMILES string of the molecule is CC1(C(F)(F)F)OC(F)C(F)(OCCO)O1.O=C(F)F. The van der Waals surface area contributed by atoms with Gasteiger partial charge in [-0.2, -0.15) is 17.6 Å². The first-order valence-electron chi connectivity index (χ1n) is 4.75. The van der Waals surface area contributed by atoms with Crippen LogP contribution in [0.3, 0.4) is 0 Å². The molecule has 0 radical (unpaired) electrons. The zero-order chi connectivity index (χ0) is 16.2. The Balaban J connectivity index is 0.000000796. The van der Waals surface area contributed by atoms with Crippen molar-refractivity contribution >= 4 is 6.29 Å². The van der Waals surface area contributed by atoms with Gasteiger partial charge in [-0.3, -0.25) is 4.74 Å². The van der Waals surface area contributed by atoms with Gasteiger partial charge >= 0.3 is 18.5 Å². The first-order valence-corrected chi connectivity index (χ1v) is 4.75. The van der Waals surface area contributed by atoms with E-state index in [4.69, 9.17) is 9.90 Å². The summed E-state index contributed by atoms with van der Waals surface area (Å²) in [4.78, 5) is 8.11. The minimum atomic E-state index is -5.12. The lowest BCUT2D eigenvalue weighted by Crippen LogP contribution is -2.45. The van der Waals surface area contributed by atoms with E-state index in [1.165, 1.54) is 0 Å². The van der Waals surface area contributed by atoms with Gasteiger partial charge in [-0.15, -0.1) is 8.78 Å². The molecule has 0 bridgehead atoms. The highest BCUT2D eigenvalue weighted by Crippen LogP contribution is 2.47. The van der Waals surface area contributed by atoms with Crippen LogP contribution < -0.4 is 0 Å². The van der Waals surface area contributed by atoms with Crippen molar-refractivity contribution in [3.63, 3.8) is 0 Å². The van der Waals surface area contributed by atoms with Crippen LogP contribution in [0.5, 0.6) is 0 Å². The third-order valence-corrected chi connectivity index (χ3v) is 1.84. The lowest BCUT2D eigenvalue weighted by molar-refractivity contribution is -0.391. The van der Waals surface area contributed by atoms with Gasteiger partial charge in [-0.05, 0) is 6.92 Å². The predicted octanol–water partition coefficient (Wildman–Crippen LogP) is 2.28. The van der Waals surface area contributed by atoms with E-state index in [9.17, 15) is 30.7 Å². The van der Waals surface area contributed by atoms with Crippen molar-refractivity contribution in [3.8, 4) is 0 Å². The van der Waals surface area contributed by atoms with Crippen LogP contribution in [0.15, 0.2) is 0 Å². The fourth-order valence-corrected chi connectivity index (χ4v) is 1.01. The molecule has 0 aliphatic carbocycles. The summed E-state index contributed by atoms with van der Waals surface area (Å²) in [6.45, 7) is -1.11. The van der Waals surface area contributed by atoms with Crippen molar-refractivity contribution in [1.82, 2.24) is 0 Å². The molecule has 1 aliphatic rings. The summed E-state index contributed by atoms with van der Waals surface area (Å²) in [6.07, 6.45) is -11.0. The quantitative estimate of drug-likeness (QED) is 0.639. The summed E-state index contributed by atoms with van der Waals surface area (Å²) >= 11 is 0. The number of halogens is 7. The van der Waals surface area contributed by atoms with E-state index in [0.29, 0.717) is 6.92 Å². The van der Waals surface area contributed by atoms with Crippen molar-refractivity contribution in [2.75, 3.05) is 13.2 Å². The van der Waals surface area contributed by atoms with E-state index in [-0.39, 0.29) is 0 Å². The minimum absolute atomic E-state index is 0.323. The standard InChI is InChI=1S/C7H9F5O4.CF2O/c1-5(7(10,11)12)15-4(8)6(9,16-5)14-3-2-13;2-1(3)4/h4,13H,2-3H2,1H3;. The molecule has 0 amide bonds. The molecule has 1 N–H and O–H groups in total. The Hall–Kier alpha value is -0.980. The van der Waals surface area contributed by atoms with Gasteiger partial charge in [-0.25, -0.2) is 9.18 Å². The Kier molecular flexibility index (Phi) is 6.32. The molecule has 0 saturated carbocycles. The summed E-state index contributed by atoms with van der Waals surface area (Å²) in [5.41, 5.74) is 0. The largest absolute Gasteiger partial charge is 0.483 e. The lowest BCUT2D eigenvalue weighted by Gasteiger charge is -2.26. The van der Waals surface area contributed by atoms with Gasteiger partial charge in [-0.1, -0.05) is 0 Å². The second-order valence-electron chi connectivity index (χ2n) is 3.36. The molecular formula is C8H9F7O5. The molecule has 120 valence electrons. The van der Waals surface area contributed by atoms with Gasteiger partial charge in [0.05, 0.1) is 13.2 Å². The molecule has 12 heteroatoms. The molecule has 3 unspecified atom stereocenters. The Bertz CT molecular complexity index is 334. The van der Waals surface area contributed by atoms with Crippen molar-refractivity contribution in [1.29, 1.82) is 0 Å². The van der Waals surface area contributed by atoms with Crippen molar-refractivity contribution in [3.05, 3.63) is 0 Å². The van der Waals surface area contributed by atoms with Gasteiger partial charge in [0.2, 0.25) is 0 Å². The second kappa shape index (κ2) is 6.65. The summed E-state index contributed by atoms with van der Waals surface area (Å²) in [5, 5.41) is 8.28. The maximum atomic E-state index is 13.4. The van der Waals surface area contributed by atoms with E-state index < -0.39 is 43.9 Å². The third-order valence-electron chi connectivity index (χ3n) is 1.84. The normalized spacial score (nSPS) is 33.5. The number of carbonyl (C=O) groups excluding carboxylic acids is 1. The van der Waals surface area contributed by atoms with Gasteiger partial charge in [0.25, 0.3) is 12.1 Å². The van der Waals surface area contributed by atoms with Crippen molar-refractivity contribution in [2.45, 2.75) is 31.3 Å². The molecule has 1 saturated heterocycles. The molecule has 1 fully saturated rings. The van der Waals surface area contributed by atoms with Crippen molar-refractivity contribution < 1.29 is 54.8 Å². The number of hydrogen-bond donors (Lipinski definition) is 1. The lowest BCUT2D eigenvalue weighted by atomic mass is 10.3. The van der Waals surface area contributed by atoms with Crippen LogP contribution in [0.2, 0.25) is 0 Å². The van der Waals surface area contributed by atoms with Crippen LogP contribution in [0, 0.1) is 0 Å². The second-order valence-corrected chi connectivity index (χ2v) is 3.36. The maximum Gasteiger partial charge on any atom is 0.483 e. The maximum absolute atomic E-state index is 13.4. The molecule has 1 aliphatic heterocycles. The molecule has 1 heterocycles. The Morgan fingerprint density at radius 3 is 2.15 bits per heavy atom. The zero-order valence-electron chi connectivity index (χ0n) is 9.72. The van der Waals surface area contributed by atoms with Crippen LogP contribution in [-0.4, -0.2) is 49.0 Å². The van der Waals surface area contributed by atoms with Gasteiger partial charge in [0.1, 0.15) is 0 Å². The average Bonchev–Trinajstić information content (AvgIpc) is 2.47. The number of carbonyl (C=O) groups is 1. The number of aliphatic hydroxyl groups is 1. The number of rotatable bonds is 3. The van der Waals surface area contributed by atoms with Gasteiger partial charge in [0, 0.05) is 0 Å². The summed E-state index contributed by atoms with van der Waals surface area (Å²) in [6, 6.07) is -3.67. The Labute approximate surface area is 107 Å².